The minimum absolute atomic E-state index is 0.198. The molecule has 0 radical (unpaired) electrons. The molecular formula is C17H30N4O2. The maximum absolute atomic E-state index is 11.9. The number of alkyl carbamates (subject to hydrolysis) is 1. The molecule has 1 saturated carbocycles. The van der Waals surface area contributed by atoms with Gasteiger partial charge in [-0.1, -0.05) is 0 Å². The predicted octanol–water partition coefficient (Wildman–Crippen LogP) is 2.39. The Hall–Kier alpha value is -1.56. The second-order valence-electron chi connectivity index (χ2n) is 7.37. The van der Waals surface area contributed by atoms with Gasteiger partial charge in [0.2, 0.25) is 0 Å². The summed E-state index contributed by atoms with van der Waals surface area (Å²) in [6.45, 7) is 6.56. The Labute approximate surface area is 139 Å². The van der Waals surface area contributed by atoms with Gasteiger partial charge in [-0.15, -0.1) is 0 Å². The third-order valence-corrected chi connectivity index (χ3v) is 4.10. The maximum Gasteiger partial charge on any atom is 0.407 e. The van der Waals surface area contributed by atoms with Crippen molar-refractivity contribution in [2.24, 2.45) is 7.05 Å². The second-order valence-corrected chi connectivity index (χ2v) is 7.37. The molecular weight excluding hydrogens is 292 g/mol. The van der Waals surface area contributed by atoms with Crippen molar-refractivity contribution in [1.29, 1.82) is 0 Å². The Morgan fingerprint density at radius 3 is 2.78 bits per heavy atom. The molecule has 2 atom stereocenters. The number of aryl methyl sites for hydroxylation is 1. The van der Waals surface area contributed by atoms with Crippen LogP contribution in [0.1, 0.15) is 52.3 Å². The topological polar surface area (TPSA) is 68.2 Å². The molecule has 2 unspecified atom stereocenters. The number of carbonyl (C=O) groups is 1. The molecule has 1 aliphatic rings. The average Bonchev–Trinajstić information content (AvgIpc) is 2.82. The van der Waals surface area contributed by atoms with E-state index in [1.165, 1.54) is 0 Å². The van der Waals surface area contributed by atoms with Crippen LogP contribution in [0.4, 0.5) is 4.79 Å². The van der Waals surface area contributed by atoms with Crippen LogP contribution in [0.15, 0.2) is 12.4 Å². The first kappa shape index (κ1) is 17.8. The van der Waals surface area contributed by atoms with E-state index < -0.39 is 5.60 Å². The van der Waals surface area contributed by atoms with E-state index in [1.54, 1.807) is 0 Å². The van der Waals surface area contributed by atoms with E-state index in [9.17, 15) is 4.79 Å². The van der Waals surface area contributed by atoms with Crippen LogP contribution in [-0.4, -0.2) is 39.9 Å². The van der Waals surface area contributed by atoms with Crippen molar-refractivity contribution < 1.29 is 9.53 Å². The van der Waals surface area contributed by atoms with Gasteiger partial charge in [-0.05, 0) is 46.5 Å². The van der Waals surface area contributed by atoms with Crippen LogP contribution < -0.4 is 10.6 Å². The first-order valence-electron chi connectivity index (χ1n) is 8.52. The highest BCUT2D eigenvalue weighted by Crippen LogP contribution is 2.19. The highest BCUT2D eigenvalue weighted by atomic mass is 16.6. The number of nitrogens with one attached hydrogen (secondary N) is 2. The molecule has 130 valence electrons. The van der Waals surface area contributed by atoms with Crippen molar-refractivity contribution >= 4 is 6.09 Å². The van der Waals surface area contributed by atoms with Gasteiger partial charge in [0.15, 0.2) is 0 Å². The van der Waals surface area contributed by atoms with Gasteiger partial charge in [0, 0.05) is 44.5 Å². The van der Waals surface area contributed by atoms with Crippen molar-refractivity contribution in [3.05, 3.63) is 18.2 Å². The number of nitrogens with zero attached hydrogens (tertiary/aromatic N) is 2. The highest BCUT2D eigenvalue weighted by Gasteiger charge is 2.25. The van der Waals surface area contributed by atoms with E-state index in [-0.39, 0.29) is 12.1 Å². The fourth-order valence-corrected chi connectivity index (χ4v) is 3.01. The average molecular weight is 322 g/mol. The summed E-state index contributed by atoms with van der Waals surface area (Å²) in [5.74, 6) is 1.09. The molecule has 1 fully saturated rings. The monoisotopic (exact) mass is 322 g/mol. The van der Waals surface area contributed by atoms with Crippen LogP contribution in [0.2, 0.25) is 0 Å². The summed E-state index contributed by atoms with van der Waals surface area (Å²) in [6, 6.07) is 0.646. The number of aromatic nitrogens is 2. The lowest BCUT2D eigenvalue weighted by Crippen LogP contribution is -2.46. The minimum atomic E-state index is -0.446. The second kappa shape index (κ2) is 7.81. The quantitative estimate of drug-likeness (QED) is 0.873. The minimum Gasteiger partial charge on any atom is -0.444 e. The molecule has 0 aromatic carbocycles. The molecule has 1 amide bonds. The zero-order valence-electron chi connectivity index (χ0n) is 14.8. The SMILES string of the molecule is Cn1ccnc1CCNC1CCCC(NC(=O)OC(C)(C)C)C1. The van der Waals surface area contributed by atoms with Gasteiger partial charge >= 0.3 is 6.09 Å². The number of amides is 1. The molecule has 0 spiro atoms. The van der Waals surface area contributed by atoms with Crippen LogP contribution in [0, 0.1) is 0 Å². The number of imidazole rings is 1. The lowest BCUT2D eigenvalue weighted by atomic mass is 9.91. The fraction of sp³-hybridized carbons (Fsp3) is 0.765. The summed E-state index contributed by atoms with van der Waals surface area (Å²) in [5.41, 5.74) is -0.446. The molecule has 6 heteroatoms. The fourth-order valence-electron chi connectivity index (χ4n) is 3.01. The maximum atomic E-state index is 11.9. The normalized spacial score (nSPS) is 21.9. The van der Waals surface area contributed by atoms with E-state index in [0.717, 1.165) is 44.5 Å². The zero-order chi connectivity index (χ0) is 16.9. The first-order valence-corrected chi connectivity index (χ1v) is 8.52. The van der Waals surface area contributed by atoms with Crippen molar-refractivity contribution in [2.75, 3.05) is 6.54 Å². The molecule has 0 saturated heterocycles. The van der Waals surface area contributed by atoms with E-state index in [1.807, 2.05) is 40.2 Å². The van der Waals surface area contributed by atoms with E-state index >= 15 is 0 Å². The molecule has 0 aliphatic heterocycles. The summed E-state index contributed by atoms with van der Waals surface area (Å²) in [6.07, 6.45) is 8.68. The molecule has 23 heavy (non-hydrogen) atoms. The molecule has 6 nitrogen and oxygen atoms in total. The van der Waals surface area contributed by atoms with Crippen LogP contribution in [-0.2, 0) is 18.2 Å². The standard InChI is InChI=1S/C17H30N4O2/c1-17(2,3)23-16(22)20-14-7-5-6-13(12-14)18-9-8-15-19-10-11-21(15)4/h10-11,13-14,18H,5-9,12H2,1-4H3,(H,20,22). The van der Waals surface area contributed by atoms with Gasteiger partial charge in [0.1, 0.15) is 11.4 Å². The van der Waals surface area contributed by atoms with Crippen LogP contribution >= 0.6 is 0 Å². The molecule has 1 heterocycles. The zero-order valence-corrected chi connectivity index (χ0v) is 14.8. The molecule has 2 N–H and O–H groups in total. The number of hydrogen-bond donors (Lipinski definition) is 2. The lowest BCUT2D eigenvalue weighted by molar-refractivity contribution is 0.0489. The van der Waals surface area contributed by atoms with Gasteiger partial charge in [-0.25, -0.2) is 9.78 Å². The van der Waals surface area contributed by atoms with Gasteiger partial charge < -0.3 is 19.9 Å². The predicted molar refractivity (Wildman–Crippen MR) is 90.3 cm³/mol. The first-order chi connectivity index (χ1) is 10.8. The van der Waals surface area contributed by atoms with Crippen molar-refractivity contribution in [3.8, 4) is 0 Å². The Morgan fingerprint density at radius 1 is 1.39 bits per heavy atom. The Kier molecular flexibility index (Phi) is 6.04. The van der Waals surface area contributed by atoms with E-state index in [4.69, 9.17) is 4.74 Å². The molecule has 1 aliphatic carbocycles. The summed E-state index contributed by atoms with van der Waals surface area (Å²) >= 11 is 0. The van der Waals surface area contributed by atoms with Crippen LogP contribution in [0.25, 0.3) is 0 Å². The van der Waals surface area contributed by atoms with Gasteiger partial charge in [-0.2, -0.15) is 0 Å². The van der Waals surface area contributed by atoms with Crippen LogP contribution in [0.5, 0.6) is 0 Å². The molecule has 1 aromatic rings. The van der Waals surface area contributed by atoms with E-state index in [2.05, 4.69) is 20.2 Å². The van der Waals surface area contributed by atoms with Crippen molar-refractivity contribution in [2.45, 2.75) is 70.6 Å². The summed E-state index contributed by atoms with van der Waals surface area (Å²) in [7, 11) is 2.02. The van der Waals surface area contributed by atoms with Crippen molar-refractivity contribution in [1.82, 2.24) is 20.2 Å². The van der Waals surface area contributed by atoms with Gasteiger partial charge in [0.05, 0.1) is 0 Å². The van der Waals surface area contributed by atoms with Crippen LogP contribution in [0.3, 0.4) is 0 Å². The molecule has 0 bridgehead atoms. The molecule has 1 aromatic heterocycles. The Bertz CT molecular complexity index is 507. The third-order valence-electron chi connectivity index (χ3n) is 4.10. The van der Waals surface area contributed by atoms with E-state index in [0.29, 0.717) is 6.04 Å². The number of hydrogen-bond acceptors (Lipinski definition) is 4. The number of ether oxygens (including phenoxy) is 1. The summed E-state index contributed by atoms with van der Waals surface area (Å²) < 4.78 is 7.39. The summed E-state index contributed by atoms with van der Waals surface area (Å²) in [5, 5.41) is 6.59. The Morgan fingerprint density at radius 2 is 2.13 bits per heavy atom. The highest BCUT2D eigenvalue weighted by molar-refractivity contribution is 5.68. The molecule has 2 rings (SSSR count). The summed E-state index contributed by atoms with van der Waals surface area (Å²) in [4.78, 5) is 16.2. The van der Waals surface area contributed by atoms with Gasteiger partial charge in [-0.3, -0.25) is 0 Å². The largest absolute Gasteiger partial charge is 0.444 e. The number of carbonyl (C=O) groups excluding carboxylic acids is 1. The lowest BCUT2D eigenvalue weighted by Gasteiger charge is -2.31. The van der Waals surface area contributed by atoms with Crippen molar-refractivity contribution in [3.63, 3.8) is 0 Å². The Balaban J connectivity index is 1.71. The number of rotatable bonds is 5. The smallest absolute Gasteiger partial charge is 0.407 e. The van der Waals surface area contributed by atoms with Gasteiger partial charge in [0.25, 0.3) is 0 Å². The third kappa shape index (κ3) is 6.22.